The number of rotatable bonds is 7. The summed E-state index contributed by atoms with van der Waals surface area (Å²) in [4.78, 5) is 22.7. The Kier molecular flexibility index (Phi) is 7.16. The van der Waals surface area contributed by atoms with Crippen LogP contribution in [-0.4, -0.2) is 17.0 Å². The van der Waals surface area contributed by atoms with E-state index in [0.29, 0.717) is 16.7 Å². The highest BCUT2D eigenvalue weighted by molar-refractivity contribution is 9.10. The number of ether oxygens (including phenoxy) is 1. The summed E-state index contributed by atoms with van der Waals surface area (Å²) in [5, 5.41) is 16.0. The summed E-state index contributed by atoms with van der Waals surface area (Å²) < 4.78 is 12.1. The molecule has 11 heteroatoms. The van der Waals surface area contributed by atoms with Crippen LogP contribution in [0.2, 0.25) is 10.0 Å². The highest BCUT2D eigenvalue weighted by Gasteiger charge is 2.13. The molecule has 0 bridgehead atoms. The molecule has 0 aliphatic heterocycles. The number of hydrazone groups is 1. The van der Waals surface area contributed by atoms with Gasteiger partial charge in [-0.1, -0.05) is 51.3 Å². The summed E-state index contributed by atoms with van der Waals surface area (Å²) in [6, 6.07) is 16.2. The zero-order chi connectivity index (χ0) is 24.2. The number of nitrogens with zero attached hydrogens (tertiary/aromatic N) is 2. The predicted octanol–water partition coefficient (Wildman–Crippen LogP) is 6.75. The minimum absolute atomic E-state index is 0.0394. The lowest BCUT2D eigenvalue weighted by molar-refractivity contribution is -0.384. The predicted molar refractivity (Wildman–Crippen MR) is 133 cm³/mol. The molecule has 0 atom stereocenters. The van der Waals surface area contributed by atoms with Gasteiger partial charge in [0.15, 0.2) is 11.5 Å². The second kappa shape index (κ2) is 10.3. The fourth-order valence-corrected chi connectivity index (χ4v) is 4.05. The lowest BCUT2D eigenvalue weighted by Crippen LogP contribution is -2.16. The third-order valence-corrected chi connectivity index (χ3v) is 5.66. The third kappa shape index (κ3) is 5.56. The van der Waals surface area contributed by atoms with Crippen LogP contribution in [0.15, 0.2) is 74.7 Å². The molecule has 0 saturated carbocycles. The normalized spacial score (nSPS) is 11.1. The fraction of sp³-hybridized carbons (Fsp3) is 0.0435. The van der Waals surface area contributed by atoms with Crippen molar-refractivity contribution >= 4 is 67.9 Å². The van der Waals surface area contributed by atoms with Gasteiger partial charge in [-0.15, -0.1) is 0 Å². The maximum Gasteiger partial charge on any atom is 0.307 e. The summed E-state index contributed by atoms with van der Waals surface area (Å²) in [6.45, 7) is 0.0404. The van der Waals surface area contributed by atoms with Crippen molar-refractivity contribution in [2.24, 2.45) is 5.10 Å². The molecule has 0 spiro atoms. The van der Waals surface area contributed by atoms with Gasteiger partial charge in [-0.25, -0.2) is 5.43 Å². The van der Waals surface area contributed by atoms with Crippen molar-refractivity contribution in [1.29, 1.82) is 0 Å². The van der Waals surface area contributed by atoms with Crippen LogP contribution in [0.4, 0.5) is 5.69 Å². The van der Waals surface area contributed by atoms with Gasteiger partial charge in [-0.3, -0.25) is 14.9 Å². The molecule has 0 unspecified atom stereocenters. The Morgan fingerprint density at radius 2 is 1.91 bits per heavy atom. The molecule has 1 aromatic heterocycles. The van der Waals surface area contributed by atoms with Crippen molar-refractivity contribution in [1.82, 2.24) is 5.43 Å². The molecule has 8 nitrogen and oxygen atoms in total. The van der Waals surface area contributed by atoms with Gasteiger partial charge in [-0.05, 0) is 47.5 Å². The van der Waals surface area contributed by atoms with E-state index < -0.39 is 10.8 Å². The van der Waals surface area contributed by atoms with Crippen LogP contribution in [0.1, 0.15) is 21.7 Å². The minimum atomic E-state index is -0.516. The van der Waals surface area contributed by atoms with Gasteiger partial charge in [-0.2, -0.15) is 5.10 Å². The molecular weight excluding hydrogens is 549 g/mol. The van der Waals surface area contributed by atoms with Crippen molar-refractivity contribution in [2.75, 3.05) is 0 Å². The molecule has 1 heterocycles. The number of hydrogen-bond acceptors (Lipinski definition) is 6. The maximum atomic E-state index is 12.3. The first kappa shape index (κ1) is 23.7. The van der Waals surface area contributed by atoms with Gasteiger partial charge >= 0.3 is 5.91 Å². The Bertz CT molecular complexity index is 1410. The number of nitrogens with one attached hydrogen (secondary N) is 1. The number of fused-ring (bicyclic) bond motifs is 1. The number of nitro groups is 1. The standard InChI is InChI=1S/C23H14BrCl2N3O5/c24-16-4-5-20-15(9-16)10-21(34-20)23(30)28-27-11-14-7-18(25)22(19(26)8-14)33-12-13-2-1-3-17(6-13)29(31)32/h1-11H,12H2,(H,28,30)/b27-11+. The second-order valence-electron chi connectivity index (χ2n) is 7.02. The van der Waals surface area contributed by atoms with E-state index in [9.17, 15) is 14.9 Å². The van der Waals surface area contributed by atoms with Gasteiger partial charge in [0.1, 0.15) is 12.2 Å². The number of furan rings is 1. The monoisotopic (exact) mass is 561 g/mol. The summed E-state index contributed by atoms with van der Waals surface area (Å²) in [5.41, 5.74) is 4.04. The Balaban J connectivity index is 1.41. The third-order valence-electron chi connectivity index (χ3n) is 4.61. The molecule has 0 aliphatic carbocycles. The number of hydrogen-bond donors (Lipinski definition) is 1. The minimum Gasteiger partial charge on any atom is -0.486 e. The van der Waals surface area contributed by atoms with E-state index in [1.54, 1.807) is 36.4 Å². The fourth-order valence-electron chi connectivity index (χ4n) is 3.05. The van der Waals surface area contributed by atoms with Crippen LogP contribution in [0.3, 0.4) is 0 Å². The average Bonchev–Trinajstić information content (AvgIpc) is 3.22. The van der Waals surface area contributed by atoms with E-state index in [1.807, 2.05) is 12.1 Å². The Morgan fingerprint density at radius 3 is 2.65 bits per heavy atom. The molecule has 4 aromatic rings. The van der Waals surface area contributed by atoms with Crippen LogP contribution in [0.5, 0.6) is 5.75 Å². The smallest absolute Gasteiger partial charge is 0.307 e. The van der Waals surface area contributed by atoms with Gasteiger partial charge in [0.05, 0.1) is 21.2 Å². The molecule has 0 aliphatic rings. The first-order valence-corrected chi connectivity index (χ1v) is 11.2. The SMILES string of the molecule is O=C(N/N=C/c1cc(Cl)c(OCc2cccc([N+](=O)[O-])c2)c(Cl)c1)c1cc2cc(Br)ccc2o1. The Labute approximate surface area is 211 Å². The van der Waals surface area contributed by atoms with E-state index in [4.69, 9.17) is 32.4 Å². The van der Waals surface area contributed by atoms with Crippen LogP contribution < -0.4 is 10.2 Å². The van der Waals surface area contributed by atoms with Gasteiger partial charge in [0.25, 0.3) is 5.69 Å². The highest BCUT2D eigenvalue weighted by atomic mass is 79.9. The molecule has 1 amide bonds. The first-order chi connectivity index (χ1) is 16.3. The number of non-ortho nitro benzene ring substituents is 1. The molecule has 0 radical (unpaired) electrons. The lowest BCUT2D eigenvalue weighted by atomic mass is 10.2. The molecule has 4 rings (SSSR count). The molecule has 0 fully saturated rings. The van der Waals surface area contributed by atoms with Crippen LogP contribution in [0.25, 0.3) is 11.0 Å². The number of carbonyl (C=O) groups excluding carboxylic acids is 1. The highest BCUT2D eigenvalue weighted by Crippen LogP contribution is 2.34. The van der Waals surface area contributed by atoms with E-state index in [1.165, 1.54) is 18.3 Å². The van der Waals surface area contributed by atoms with Crippen molar-refractivity contribution in [2.45, 2.75) is 6.61 Å². The van der Waals surface area contributed by atoms with E-state index >= 15 is 0 Å². The molecule has 0 saturated heterocycles. The van der Waals surface area contributed by atoms with Gasteiger partial charge in [0, 0.05) is 22.0 Å². The number of benzene rings is 3. The Morgan fingerprint density at radius 1 is 1.15 bits per heavy atom. The average molecular weight is 563 g/mol. The molecule has 3 aromatic carbocycles. The lowest BCUT2D eigenvalue weighted by Gasteiger charge is -2.11. The number of amides is 1. The van der Waals surface area contributed by atoms with Crippen LogP contribution in [-0.2, 0) is 6.61 Å². The van der Waals surface area contributed by atoms with Gasteiger partial charge in [0.2, 0.25) is 0 Å². The molecule has 172 valence electrons. The number of carbonyl (C=O) groups is 1. The molecule has 1 N–H and O–H groups in total. The topological polar surface area (TPSA) is 107 Å². The van der Waals surface area contributed by atoms with E-state index in [2.05, 4.69) is 26.5 Å². The van der Waals surface area contributed by atoms with Crippen molar-refractivity contribution in [3.8, 4) is 5.75 Å². The molecular formula is C23H14BrCl2N3O5. The van der Waals surface area contributed by atoms with Crippen LogP contribution >= 0.6 is 39.1 Å². The first-order valence-electron chi connectivity index (χ1n) is 9.68. The summed E-state index contributed by atoms with van der Waals surface area (Å²) in [6.07, 6.45) is 1.37. The van der Waals surface area contributed by atoms with Crippen LogP contribution in [0, 0.1) is 10.1 Å². The summed E-state index contributed by atoms with van der Waals surface area (Å²) in [5.74, 6) is -0.173. The number of halogens is 3. The Hall–Kier alpha value is -3.40. The zero-order valence-electron chi connectivity index (χ0n) is 17.1. The summed E-state index contributed by atoms with van der Waals surface area (Å²) >= 11 is 16.0. The van der Waals surface area contributed by atoms with Gasteiger partial charge < -0.3 is 9.15 Å². The molecule has 34 heavy (non-hydrogen) atoms. The second-order valence-corrected chi connectivity index (χ2v) is 8.75. The maximum absolute atomic E-state index is 12.3. The number of nitro benzene ring substituents is 1. The summed E-state index contributed by atoms with van der Waals surface area (Å²) in [7, 11) is 0. The van der Waals surface area contributed by atoms with Crippen molar-refractivity contribution < 1.29 is 18.9 Å². The largest absolute Gasteiger partial charge is 0.486 e. The van der Waals surface area contributed by atoms with E-state index in [0.717, 1.165) is 9.86 Å². The zero-order valence-corrected chi connectivity index (χ0v) is 20.2. The van der Waals surface area contributed by atoms with E-state index in [-0.39, 0.29) is 33.8 Å². The quantitative estimate of drug-likeness (QED) is 0.152. The van der Waals surface area contributed by atoms with Crippen molar-refractivity contribution in [3.05, 3.63) is 102 Å². The van der Waals surface area contributed by atoms with Crippen molar-refractivity contribution in [3.63, 3.8) is 0 Å².